The first kappa shape index (κ1) is 24.7. The molecule has 4 aromatic rings. The second-order valence-corrected chi connectivity index (χ2v) is 27.5. The molecule has 4 aromatic carbocycles. The molecule has 32 heavy (non-hydrogen) atoms. The van der Waals surface area contributed by atoms with Crippen LogP contribution in [0.25, 0.3) is 11.1 Å². The second kappa shape index (κ2) is 11.2. The van der Waals surface area contributed by atoms with E-state index in [4.69, 9.17) is 0 Å². The molecule has 0 saturated carbocycles. The zero-order valence-corrected chi connectivity index (χ0v) is 23.5. The number of nitrogens with one attached hydrogen (secondary N) is 1. The number of carbonyl (C=O) groups excluding carboxylic acids is 1. The molecule has 0 aliphatic heterocycles. The molecule has 1 amide bonds. The van der Waals surface area contributed by atoms with Crippen LogP contribution in [0.15, 0.2) is 109 Å². The summed E-state index contributed by atoms with van der Waals surface area (Å²) in [5, 5.41) is 2.87. The van der Waals surface area contributed by atoms with E-state index in [-0.39, 0.29) is 24.8 Å². The minimum Gasteiger partial charge on any atom is -1.00 e. The van der Waals surface area contributed by atoms with Gasteiger partial charge in [0, 0.05) is 0 Å². The van der Waals surface area contributed by atoms with Crippen molar-refractivity contribution in [1.82, 2.24) is 3.30 Å². The van der Waals surface area contributed by atoms with Crippen molar-refractivity contribution in [1.29, 1.82) is 0 Å². The SMILES string of the molecule is O=C[NH][Hf+2]([CH]1c2ccccc2-c2ccccc21)[SiH](c1ccccc1)c1ccccc1.[Cl-].[Cl-]. The third-order valence-electron chi connectivity index (χ3n) is 5.95. The Bertz CT molecular complexity index is 1090. The smallest absolute Gasteiger partial charge is 1.00 e. The summed E-state index contributed by atoms with van der Waals surface area (Å²) in [6, 6.07) is 39.4. The zero-order chi connectivity index (χ0) is 20.3. The summed E-state index contributed by atoms with van der Waals surface area (Å²) in [5.74, 6) is -1.58. The Morgan fingerprint density at radius 2 is 1.03 bits per heavy atom. The topological polar surface area (TPSA) is 29.1 Å². The van der Waals surface area contributed by atoms with E-state index in [1.165, 1.54) is 32.6 Å². The summed E-state index contributed by atoms with van der Waals surface area (Å²) < 4.78 is 3.85. The maximum atomic E-state index is 11.9. The fourth-order valence-corrected chi connectivity index (χ4v) is 33.6. The Labute approximate surface area is 210 Å². The largest absolute Gasteiger partial charge is 1.00 e. The molecule has 0 aromatic heterocycles. The molecule has 1 aliphatic carbocycles. The van der Waals surface area contributed by atoms with Crippen LogP contribution in [0.5, 0.6) is 0 Å². The van der Waals surface area contributed by atoms with Crippen molar-refractivity contribution >= 4 is 22.8 Å². The predicted molar refractivity (Wildman–Crippen MR) is 122 cm³/mol. The van der Waals surface area contributed by atoms with E-state index in [2.05, 4.69) is 112 Å². The Morgan fingerprint density at radius 1 is 0.625 bits per heavy atom. The number of carbonyl (C=O) groups is 1. The molecule has 6 heteroatoms. The number of hydrogen-bond donors (Lipinski definition) is 1. The Hall–Kier alpha value is -1.98. The van der Waals surface area contributed by atoms with E-state index in [0.717, 1.165) is 6.41 Å². The van der Waals surface area contributed by atoms with Crippen LogP contribution >= 0.6 is 0 Å². The van der Waals surface area contributed by atoms with Crippen molar-refractivity contribution in [3.63, 3.8) is 0 Å². The van der Waals surface area contributed by atoms with Crippen molar-refractivity contribution < 1.29 is 50.5 Å². The van der Waals surface area contributed by atoms with Crippen molar-refractivity contribution in [2.45, 2.75) is 3.67 Å². The molecule has 0 radical (unpaired) electrons. The number of halogens is 2. The number of fused-ring (bicyclic) bond motifs is 3. The van der Waals surface area contributed by atoms with Gasteiger partial charge in [0.15, 0.2) is 0 Å². The summed E-state index contributed by atoms with van der Waals surface area (Å²) in [5.41, 5.74) is 5.48. The van der Waals surface area contributed by atoms with Crippen LogP contribution in [-0.4, -0.2) is 12.4 Å². The molecule has 1 N–H and O–H groups in total. The van der Waals surface area contributed by atoms with E-state index < -0.39 is 26.9 Å². The van der Waals surface area contributed by atoms with Crippen LogP contribution in [-0.2, 0) is 25.7 Å². The van der Waals surface area contributed by atoms with Gasteiger partial charge in [-0.2, -0.15) is 0 Å². The first-order valence-corrected chi connectivity index (χ1v) is 22.1. The summed E-state index contributed by atoms with van der Waals surface area (Å²) in [4.78, 5) is 11.9. The maximum absolute atomic E-state index is 11.9. The van der Waals surface area contributed by atoms with Crippen LogP contribution in [0, 0.1) is 0 Å². The maximum Gasteiger partial charge on any atom is -1.00 e. The van der Waals surface area contributed by atoms with Gasteiger partial charge in [-0.25, -0.2) is 0 Å². The Morgan fingerprint density at radius 3 is 1.47 bits per heavy atom. The number of rotatable bonds is 6. The molecule has 0 saturated heterocycles. The minimum atomic E-state index is -2.79. The van der Waals surface area contributed by atoms with Crippen molar-refractivity contribution in [3.05, 3.63) is 120 Å². The molecule has 0 heterocycles. The van der Waals surface area contributed by atoms with Gasteiger partial charge >= 0.3 is 187 Å². The second-order valence-electron chi connectivity index (χ2n) is 7.58. The summed E-state index contributed by atoms with van der Waals surface area (Å²) in [6.45, 7) is 0. The predicted octanol–water partition coefficient (Wildman–Crippen LogP) is -2.42. The van der Waals surface area contributed by atoms with Gasteiger partial charge in [0.05, 0.1) is 0 Å². The quantitative estimate of drug-likeness (QED) is 0.185. The number of amides is 1. The monoisotopic (exact) mass is 642 g/mol. The Balaban J connectivity index is 0.00000144. The third-order valence-corrected chi connectivity index (χ3v) is 32.7. The zero-order valence-electron chi connectivity index (χ0n) is 17.3. The standard InChI is InChI=1S/C13H9.C12H11Si.CH3NO.2ClH.Hf/c1-3-7-12-10(5-1)9-11-6-2-4-8-13(11)12;1-3-7-11(8-4-1)13-12-9-5-2-6-10-12;2-1-3;;;/h1-9H;1-10,13H;1H,(H2,2,3);2*1H;/q;;;;;+3/p-3. The van der Waals surface area contributed by atoms with Gasteiger partial charge in [-0.15, -0.1) is 0 Å². The summed E-state index contributed by atoms with van der Waals surface area (Å²) in [7, 11) is 0. The van der Waals surface area contributed by atoms with E-state index in [1.807, 2.05) is 0 Å². The fourth-order valence-electron chi connectivity index (χ4n) is 4.73. The Kier molecular flexibility index (Phi) is 8.66. The first-order chi connectivity index (χ1) is 14.9. The van der Waals surface area contributed by atoms with Gasteiger partial charge in [0.2, 0.25) is 0 Å². The van der Waals surface area contributed by atoms with Gasteiger partial charge in [-0.1, -0.05) is 0 Å². The van der Waals surface area contributed by atoms with Crippen LogP contribution in [0.4, 0.5) is 0 Å². The minimum absolute atomic E-state index is 0. The average Bonchev–Trinajstić information content (AvgIpc) is 3.15. The first-order valence-electron chi connectivity index (χ1n) is 10.2. The van der Waals surface area contributed by atoms with Gasteiger partial charge in [0.1, 0.15) is 0 Å². The van der Waals surface area contributed by atoms with E-state index in [1.54, 1.807) is 0 Å². The van der Waals surface area contributed by atoms with E-state index in [0.29, 0.717) is 3.67 Å². The molecule has 0 atom stereocenters. The van der Waals surface area contributed by atoms with Gasteiger partial charge in [-0.05, 0) is 0 Å². The van der Waals surface area contributed by atoms with Gasteiger partial charge in [-0.3, -0.25) is 0 Å². The molecule has 0 bridgehead atoms. The molecule has 159 valence electrons. The van der Waals surface area contributed by atoms with Crippen LogP contribution in [0.1, 0.15) is 14.8 Å². The van der Waals surface area contributed by atoms with Crippen LogP contribution in [0.3, 0.4) is 0 Å². The van der Waals surface area contributed by atoms with E-state index >= 15 is 0 Å². The normalized spacial score (nSPS) is 11.5. The average molecular weight is 642 g/mol. The molecule has 0 fully saturated rings. The van der Waals surface area contributed by atoms with Gasteiger partial charge < -0.3 is 24.8 Å². The molecule has 0 spiro atoms. The summed E-state index contributed by atoms with van der Waals surface area (Å²) in [6.07, 6.45) is 0.984. The molecular weight excluding hydrogens is 620 g/mol. The fraction of sp³-hybridized carbons (Fsp3) is 0.0385. The molecular formula is C26H22Cl2HfNOSi. The van der Waals surface area contributed by atoms with Crippen molar-refractivity contribution in [2.24, 2.45) is 0 Å². The molecule has 0 unspecified atom stereocenters. The molecule has 2 nitrogen and oxygen atoms in total. The third kappa shape index (κ3) is 4.55. The summed E-state index contributed by atoms with van der Waals surface area (Å²) >= 11 is -2.79. The number of benzene rings is 4. The molecule has 5 rings (SSSR count). The van der Waals surface area contributed by atoms with Crippen molar-refractivity contribution in [3.8, 4) is 11.1 Å². The van der Waals surface area contributed by atoms with Crippen molar-refractivity contribution in [2.75, 3.05) is 0 Å². The van der Waals surface area contributed by atoms with Gasteiger partial charge in [0.25, 0.3) is 0 Å². The number of hydrogen-bond acceptors (Lipinski definition) is 1. The molecule has 1 aliphatic rings. The van der Waals surface area contributed by atoms with E-state index in [9.17, 15) is 4.79 Å². The van der Waals surface area contributed by atoms with Crippen LogP contribution in [0.2, 0.25) is 0 Å². The van der Waals surface area contributed by atoms with Crippen LogP contribution < -0.4 is 38.5 Å².